The molecule has 0 saturated carbocycles. The zero-order valence-corrected chi connectivity index (χ0v) is 10.8. The standard InChI is InChI=1S/C14H18N2S/c1-11-9-10-17-14(11)13(16-15)8-7-12-5-3-2-4-6-12/h2-6,9-10,13,16H,7-8,15H2,1H3. The fraction of sp³-hybridized carbons (Fsp3) is 0.286. The second kappa shape index (κ2) is 5.96. The number of thiophene rings is 1. The van der Waals surface area contributed by atoms with Crippen LogP contribution >= 0.6 is 11.3 Å². The third-order valence-electron chi connectivity index (χ3n) is 2.98. The second-order valence-corrected chi connectivity index (χ2v) is 5.16. The molecule has 0 radical (unpaired) electrons. The topological polar surface area (TPSA) is 38.0 Å². The molecule has 3 N–H and O–H groups in total. The third-order valence-corrected chi connectivity index (χ3v) is 4.12. The molecule has 0 fully saturated rings. The molecule has 0 aliphatic carbocycles. The summed E-state index contributed by atoms with van der Waals surface area (Å²) >= 11 is 1.77. The highest BCUT2D eigenvalue weighted by Gasteiger charge is 2.13. The van der Waals surface area contributed by atoms with E-state index >= 15 is 0 Å². The first kappa shape index (κ1) is 12.3. The van der Waals surface area contributed by atoms with Gasteiger partial charge in [0.25, 0.3) is 0 Å². The molecule has 1 unspecified atom stereocenters. The summed E-state index contributed by atoms with van der Waals surface area (Å²) in [6.07, 6.45) is 2.08. The van der Waals surface area contributed by atoms with Gasteiger partial charge in [-0.15, -0.1) is 11.3 Å². The fourth-order valence-electron chi connectivity index (χ4n) is 1.99. The molecule has 0 aliphatic rings. The lowest BCUT2D eigenvalue weighted by molar-refractivity contribution is 0.522. The van der Waals surface area contributed by atoms with Crippen molar-refractivity contribution < 1.29 is 0 Å². The van der Waals surface area contributed by atoms with Gasteiger partial charge in [-0.25, -0.2) is 0 Å². The van der Waals surface area contributed by atoms with Crippen molar-refractivity contribution in [3.8, 4) is 0 Å². The van der Waals surface area contributed by atoms with Crippen molar-refractivity contribution in [1.29, 1.82) is 0 Å². The maximum absolute atomic E-state index is 5.65. The van der Waals surface area contributed by atoms with Crippen LogP contribution in [0.1, 0.15) is 28.5 Å². The molecule has 17 heavy (non-hydrogen) atoms. The molecule has 3 heteroatoms. The largest absolute Gasteiger partial charge is 0.271 e. The number of rotatable bonds is 5. The van der Waals surface area contributed by atoms with E-state index in [2.05, 4.69) is 48.1 Å². The number of hydrazine groups is 1. The average Bonchev–Trinajstić information content (AvgIpc) is 2.78. The van der Waals surface area contributed by atoms with Gasteiger partial charge in [-0.3, -0.25) is 11.3 Å². The molecular weight excluding hydrogens is 228 g/mol. The summed E-state index contributed by atoms with van der Waals surface area (Å²) in [6, 6.07) is 12.9. The summed E-state index contributed by atoms with van der Waals surface area (Å²) in [5, 5.41) is 2.12. The molecule has 0 aliphatic heterocycles. The molecule has 1 atom stereocenters. The maximum Gasteiger partial charge on any atom is 0.0559 e. The molecule has 2 rings (SSSR count). The Labute approximate surface area is 106 Å². The number of hydrogen-bond donors (Lipinski definition) is 2. The lowest BCUT2D eigenvalue weighted by Crippen LogP contribution is -2.28. The van der Waals surface area contributed by atoms with Crippen LogP contribution in [0.15, 0.2) is 41.8 Å². The van der Waals surface area contributed by atoms with E-state index in [1.807, 2.05) is 6.07 Å². The lowest BCUT2D eigenvalue weighted by Gasteiger charge is -2.15. The number of nitrogens with one attached hydrogen (secondary N) is 1. The van der Waals surface area contributed by atoms with Crippen LogP contribution in [-0.2, 0) is 6.42 Å². The van der Waals surface area contributed by atoms with Crippen molar-refractivity contribution in [2.24, 2.45) is 5.84 Å². The van der Waals surface area contributed by atoms with E-state index < -0.39 is 0 Å². The van der Waals surface area contributed by atoms with Crippen molar-refractivity contribution >= 4 is 11.3 Å². The Kier molecular flexibility index (Phi) is 4.31. The molecule has 2 aromatic rings. The quantitative estimate of drug-likeness (QED) is 0.628. The van der Waals surface area contributed by atoms with Gasteiger partial charge in [0.2, 0.25) is 0 Å². The van der Waals surface area contributed by atoms with Crippen molar-refractivity contribution in [2.75, 3.05) is 0 Å². The van der Waals surface area contributed by atoms with E-state index in [4.69, 9.17) is 5.84 Å². The van der Waals surface area contributed by atoms with E-state index in [1.54, 1.807) is 11.3 Å². The summed E-state index contributed by atoms with van der Waals surface area (Å²) in [4.78, 5) is 1.35. The summed E-state index contributed by atoms with van der Waals surface area (Å²) in [7, 11) is 0. The third kappa shape index (κ3) is 3.16. The first-order chi connectivity index (χ1) is 8.31. The van der Waals surface area contributed by atoms with Gasteiger partial charge in [0, 0.05) is 4.88 Å². The molecule has 1 aromatic heterocycles. The SMILES string of the molecule is Cc1ccsc1C(CCc1ccccc1)NN. The predicted molar refractivity (Wildman–Crippen MR) is 73.9 cm³/mol. The number of hydrogen-bond acceptors (Lipinski definition) is 3. The van der Waals surface area contributed by atoms with Gasteiger partial charge in [-0.2, -0.15) is 0 Å². The highest BCUT2D eigenvalue weighted by molar-refractivity contribution is 7.10. The Hall–Kier alpha value is -1.16. The molecule has 2 nitrogen and oxygen atoms in total. The normalized spacial score (nSPS) is 12.6. The average molecular weight is 246 g/mol. The van der Waals surface area contributed by atoms with E-state index in [-0.39, 0.29) is 6.04 Å². The smallest absolute Gasteiger partial charge is 0.0559 e. The van der Waals surface area contributed by atoms with E-state index in [9.17, 15) is 0 Å². The summed E-state index contributed by atoms with van der Waals surface area (Å²) in [5.74, 6) is 5.65. The van der Waals surface area contributed by atoms with Gasteiger partial charge in [0.15, 0.2) is 0 Å². The van der Waals surface area contributed by atoms with Gasteiger partial charge < -0.3 is 0 Å². The summed E-state index contributed by atoms with van der Waals surface area (Å²) in [5.41, 5.74) is 5.61. The minimum absolute atomic E-state index is 0.259. The Morgan fingerprint density at radius 2 is 2.00 bits per heavy atom. The van der Waals surface area contributed by atoms with E-state index in [0.717, 1.165) is 12.8 Å². The molecule has 0 amide bonds. The van der Waals surface area contributed by atoms with Crippen molar-refractivity contribution in [3.63, 3.8) is 0 Å². The van der Waals surface area contributed by atoms with Crippen LogP contribution in [0.2, 0.25) is 0 Å². The fourth-order valence-corrected chi connectivity index (χ4v) is 3.01. The van der Waals surface area contributed by atoms with Crippen LogP contribution in [0, 0.1) is 6.92 Å². The first-order valence-corrected chi connectivity index (χ1v) is 6.73. The second-order valence-electron chi connectivity index (χ2n) is 4.21. The number of aryl methyl sites for hydroxylation is 2. The van der Waals surface area contributed by atoms with Gasteiger partial charge in [0.05, 0.1) is 6.04 Å². The van der Waals surface area contributed by atoms with Crippen molar-refractivity contribution in [1.82, 2.24) is 5.43 Å². The molecule has 0 bridgehead atoms. The Morgan fingerprint density at radius 1 is 1.24 bits per heavy atom. The molecule has 0 spiro atoms. The zero-order valence-electron chi connectivity index (χ0n) is 10.0. The molecule has 0 saturated heterocycles. The summed E-state index contributed by atoms with van der Waals surface area (Å²) in [6.45, 7) is 2.14. The number of benzene rings is 1. The minimum atomic E-state index is 0.259. The van der Waals surface area contributed by atoms with Gasteiger partial charge in [0.1, 0.15) is 0 Å². The molecular formula is C14H18N2S. The van der Waals surface area contributed by atoms with Crippen LogP contribution < -0.4 is 11.3 Å². The van der Waals surface area contributed by atoms with Crippen LogP contribution in [0.25, 0.3) is 0 Å². The summed E-state index contributed by atoms with van der Waals surface area (Å²) < 4.78 is 0. The van der Waals surface area contributed by atoms with Crippen molar-refractivity contribution in [2.45, 2.75) is 25.8 Å². The molecule has 1 heterocycles. The lowest BCUT2D eigenvalue weighted by atomic mass is 10.0. The maximum atomic E-state index is 5.65. The molecule has 1 aromatic carbocycles. The highest BCUT2D eigenvalue weighted by Crippen LogP contribution is 2.26. The van der Waals surface area contributed by atoms with Crippen LogP contribution in [0.3, 0.4) is 0 Å². The monoisotopic (exact) mass is 246 g/mol. The van der Waals surface area contributed by atoms with E-state index in [1.165, 1.54) is 16.0 Å². The Balaban J connectivity index is 2.00. The van der Waals surface area contributed by atoms with Gasteiger partial charge >= 0.3 is 0 Å². The Bertz CT molecular complexity index is 450. The van der Waals surface area contributed by atoms with Gasteiger partial charge in [-0.1, -0.05) is 30.3 Å². The van der Waals surface area contributed by atoms with Crippen LogP contribution in [0.5, 0.6) is 0 Å². The minimum Gasteiger partial charge on any atom is -0.271 e. The van der Waals surface area contributed by atoms with E-state index in [0.29, 0.717) is 0 Å². The Morgan fingerprint density at radius 3 is 2.59 bits per heavy atom. The predicted octanol–water partition coefficient (Wildman–Crippen LogP) is 3.19. The zero-order chi connectivity index (χ0) is 12.1. The number of nitrogens with two attached hydrogens (primary N) is 1. The van der Waals surface area contributed by atoms with Crippen molar-refractivity contribution in [3.05, 3.63) is 57.8 Å². The van der Waals surface area contributed by atoms with Crippen LogP contribution in [0.4, 0.5) is 0 Å². The molecule has 90 valence electrons. The van der Waals surface area contributed by atoms with Gasteiger partial charge in [-0.05, 0) is 42.3 Å². The van der Waals surface area contributed by atoms with Crippen LogP contribution in [-0.4, -0.2) is 0 Å². The highest BCUT2D eigenvalue weighted by atomic mass is 32.1. The first-order valence-electron chi connectivity index (χ1n) is 5.85.